The monoisotopic (exact) mass is 1020 g/mol. The van der Waals surface area contributed by atoms with E-state index in [0.29, 0.717) is 25.7 Å². The third-order valence-corrected chi connectivity index (χ3v) is 12.4. The zero-order valence-corrected chi connectivity index (χ0v) is 47.8. The quantitative estimate of drug-likeness (QED) is 0.0261. The summed E-state index contributed by atoms with van der Waals surface area (Å²) in [6.07, 6.45) is 85.8. The Balaban J connectivity index is 4.54. The van der Waals surface area contributed by atoms with Gasteiger partial charge >= 0.3 is 17.9 Å². The highest BCUT2D eigenvalue weighted by molar-refractivity contribution is 5.71. The van der Waals surface area contributed by atoms with Gasteiger partial charge in [0.25, 0.3) is 0 Å². The van der Waals surface area contributed by atoms with Gasteiger partial charge in [-0.25, -0.2) is 0 Å². The van der Waals surface area contributed by atoms with Gasteiger partial charge in [-0.3, -0.25) is 14.4 Å². The summed E-state index contributed by atoms with van der Waals surface area (Å²) in [4.78, 5) is 38.3. The van der Waals surface area contributed by atoms with E-state index in [-0.39, 0.29) is 31.1 Å². The molecule has 0 aliphatic heterocycles. The number of carbonyl (C=O) groups is 3. The molecule has 0 amide bonds. The summed E-state index contributed by atoms with van der Waals surface area (Å²) in [7, 11) is 0. The van der Waals surface area contributed by atoms with Crippen LogP contribution in [0.3, 0.4) is 0 Å². The first-order valence-electron chi connectivity index (χ1n) is 30.2. The summed E-state index contributed by atoms with van der Waals surface area (Å²) < 4.78 is 16.8. The van der Waals surface area contributed by atoms with Gasteiger partial charge in [-0.1, -0.05) is 231 Å². The zero-order chi connectivity index (χ0) is 53.6. The van der Waals surface area contributed by atoms with E-state index < -0.39 is 6.10 Å². The molecule has 0 heterocycles. The smallest absolute Gasteiger partial charge is 0.306 e. The second-order valence-corrected chi connectivity index (χ2v) is 19.5. The SMILES string of the molecule is CC/C=C\C/C=C\C/C=C\C/C=C\C/C=C\C/C=C\CCCCC(=O)OCC(COC(=O)CCCCCCC/C=C\C/C=C\CCCCCC)OC(=O)CCCCCCCC/C=C\C/C=C\C/C=C\CCCCC. The Labute approximate surface area is 455 Å². The van der Waals surface area contributed by atoms with E-state index in [0.717, 1.165) is 141 Å². The molecule has 0 fully saturated rings. The minimum absolute atomic E-state index is 0.109. The van der Waals surface area contributed by atoms with Crippen molar-refractivity contribution in [1.29, 1.82) is 0 Å². The predicted molar refractivity (Wildman–Crippen MR) is 320 cm³/mol. The van der Waals surface area contributed by atoms with Crippen LogP contribution in [0.1, 0.15) is 258 Å². The van der Waals surface area contributed by atoms with E-state index in [1.807, 2.05) is 0 Å². The summed E-state index contributed by atoms with van der Waals surface area (Å²) in [5, 5.41) is 0. The number of esters is 3. The van der Waals surface area contributed by atoms with Crippen molar-refractivity contribution >= 4 is 17.9 Å². The summed E-state index contributed by atoms with van der Waals surface area (Å²) in [5.74, 6) is -0.980. The largest absolute Gasteiger partial charge is 0.462 e. The van der Waals surface area contributed by atoms with E-state index in [9.17, 15) is 14.4 Å². The molecular weight excluding hydrogens is 913 g/mol. The average Bonchev–Trinajstić information content (AvgIpc) is 3.40. The van der Waals surface area contributed by atoms with Crippen LogP contribution in [-0.4, -0.2) is 37.2 Å². The lowest BCUT2D eigenvalue weighted by molar-refractivity contribution is -0.167. The molecule has 0 spiro atoms. The Morgan fingerprint density at radius 3 is 0.878 bits per heavy atom. The van der Waals surface area contributed by atoms with Crippen LogP contribution in [-0.2, 0) is 28.6 Å². The lowest BCUT2D eigenvalue weighted by atomic mass is 10.1. The number of unbranched alkanes of at least 4 members (excludes halogenated alkanes) is 20. The summed E-state index contributed by atoms with van der Waals surface area (Å²) >= 11 is 0. The lowest BCUT2D eigenvalue weighted by Crippen LogP contribution is -2.30. The molecule has 0 radical (unpaired) electrons. The molecule has 6 heteroatoms. The zero-order valence-electron chi connectivity index (χ0n) is 47.8. The number of hydrogen-bond acceptors (Lipinski definition) is 6. The van der Waals surface area contributed by atoms with Crippen LogP contribution in [0.15, 0.2) is 134 Å². The maximum atomic E-state index is 12.9. The summed E-state index contributed by atoms with van der Waals surface area (Å²) in [6.45, 7) is 6.42. The Morgan fingerprint density at radius 2 is 0.527 bits per heavy atom. The van der Waals surface area contributed by atoms with Crippen LogP contribution in [0.5, 0.6) is 0 Å². The third kappa shape index (κ3) is 58.4. The number of allylic oxidation sites excluding steroid dienone is 22. The van der Waals surface area contributed by atoms with Gasteiger partial charge in [0.05, 0.1) is 0 Å². The van der Waals surface area contributed by atoms with Crippen LogP contribution < -0.4 is 0 Å². The highest BCUT2D eigenvalue weighted by Crippen LogP contribution is 2.13. The van der Waals surface area contributed by atoms with Gasteiger partial charge < -0.3 is 14.2 Å². The van der Waals surface area contributed by atoms with Gasteiger partial charge in [-0.2, -0.15) is 0 Å². The van der Waals surface area contributed by atoms with Crippen molar-refractivity contribution in [2.45, 2.75) is 264 Å². The fraction of sp³-hybridized carbons (Fsp3) is 0.632. The van der Waals surface area contributed by atoms with E-state index in [1.54, 1.807) is 0 Å². The van der Waals surface area contributed by atoms with Gasteiger partial charge in [0.1, 0.15) is 13.2 Å². The molecule has 74 heavy (non-hydrogen) atoms. The van der Waals surface area contributed by atoms with Crippen LogP contribution in [0.4, 0.5) is 0 Å². The molecule has 418 valence electrons. The molecule has 0 aromatic heterocycles. The van der Waals surface area contributed by atoms with Crippen LogP contribution in [0.25, 0.3) is 0 Å². The van der Waals surface area contributed by atoms with Crippen molar-refractivity contribution < 1.29 is 28.6 Å². The lowest BCUT2D eigenvalue weighted by Gasteiger charge is -2.18. The first kappa shape index (κ1) is 69.5. The molecule has 0 aromatic rings. The predicted octanol–water partition coefficient (Wildman–Crippen LogP) is 20.6. The number of carbonyl (C=O) groups excluding carboxylic acids is 3. The van der Waals surface area contributed by atoms with E-state index in [1.165, 1.54) is 70.6 Å². The molecule has 0 saturated carbocycles. The van der Waals surface area contributed by atoms with Crippen molar-refractivity contribution in [3.63, 3.8) is 0 Å². The molecule has 0 aromatic carbocycles. The van der Waals surface area contributed by atoms with Crippen LogP contribution in [0.2, 0.25) is 0 Å². The highest BCUT2D eigenvalue weighted by atomic mass is 16.6. The Kier molecular flexibility index (Phi) is 57.4. The molecule has 0 bridgehead atoms. The molecule has 0 aliphatic rings. The second kappa shape index (κ2) is 61.1. The second-order valence-electron chi connectivity index (χ2n) is 19.5. The van der Waals surface area contributed by atoms with Gasteiger partial charge in [0.2, 0.25) is 0 Å². The first-order chi connectivity index (χ1) is 36.5. The van der Waals surface area contributed by atoms with Crippen molar-refractivity contribution in [2.75, 3.05) is 13.2 Å². The summed E-state index contributed by atoms with van der Waals surface area (Å²) in [5.41, 5.74) is 0. The maximum Gasteiger partial charge on any atom is 0.306 e. The Morgan fingerprint density at radius 1 is 0.284 bits per heavy atom. The number of ether oxygens (including phenoxy) is 3. The third-order valence-electron chi connectivity index (χ3n) is 12.4. The van der Waals surface area contributed by atoms with Crippen LogP contribution >= 0.6 is 0 Å². The fourth-order valence-electron chi connectivity index (χ4n) is 7.83. The fourth-order valence-corrected chi connectivity index (χ4v) is 7.83. The molecule has 0 aliphatic carbocycles. The first-order valence-corrected chi connectivity index (χ1v) is 30.2. The van der Waals surface area contributed by atoms with Crippen molar-refractivity contribution in [3.05, 3.63) is 134 Å². The molecule has 6 nitrogen and oxygen atoms in total. The number of hydrogen-bond donors (Lipinski definition) is 0. The molecule has 1 unspecified atom stereocenters. The average molecular weight is 1020 g/mol. The molecule has 0 saturated heterocycles. The molecule has 1 atom stereocenters. The normalized spacial score (nSPS) is 13.1. The van der Waals surface area contributed by atoms with E-state index >= 15 is 0 Å². The Hall–Kier alpha value is -4.45. The van der Waals surface area contributed by atoms with Crippen molar-refractivity contribution in [3.8, 4) is 0 Å². The van der Waals surface area contributed by atoms with Crippen molar-refractivity contribution in [2.24, 2.45) is 0 Å². The highest BCUT2D eigenvalue weighted by Gasteiger charge is 2.19. The Bertz CT molecular complexity index is 1600. The topological polar surface area (TPSA) is 78.9 Å². The van der Waals surface area contributed by atoms with Crippen LogP contribution in [0, 0.1) is 0 Å². The van der Waals surface area contributed by atoms with Gasteiger partial charge in [-0.15, -0.1) is 0 Å². The van der Waals surface area contributed by atoms with Crippen molar-refractivity contribution in [1.82, 2.24) is 0 Å². The minimum atomic E-state index is -0.815. The van der Waals surface area contributed by atoms with E-state index in [2.05, 4.69) is 154 Å². The standard InChI is InChI=1S/C68H110O6/c1-4-7-10-13-16-19-22-25-28-31-33-34-36-37-40-43-46-49-52-55-58-61-67(70)73-64-65(63-72-66(69)60-57-54-51-48-45-42-39-30-27-24-21-18-15-12-9-6-3)74-68(71)62-59-56-53-50-47-44-41-38-35-32-29-26-23-20-17-14-11-8-5-2/h7,10,16-17,19-21,24-26,28-30,33-35,37-40,46,49,65H,4-6,8-9,11-15,18,22-23,27,31-32,36,41-45,47-48,50-64H2,1-3H3/b10-7-,19-16-,20-17-,24-21-,28-25-,29-26-,34-33-,38-35-,39-30-,40-37-,49-46-. The number of rotatable bonds is 53. The maximum absolute atomic E-state index is 12.9. The molecule has 0 rings (SSSR count). The minimum Gasteiger partial charge on any atom is -0.462 e. The van der Waals surface area contributed by atoms with Gasteiger partial charge in [0, 0.05) is 19.3 Å². The van der Waals surface area contributed by atoms with E-state index in [4.69, 9.17) is 14.2 Å². The molecular formula is C68H110O6. The van der Waals surface area contributed by atoms with Gasteiger partial charge in [0.15, 0.2) is 6.10 Å². The summed E-state index contributed by atoms with van der Waals surface area (Å²) in [6, 6.07) is 0. The van der Waals surface area contributed by atoms with Gasteiger partial charge in [-0.05, 0) is 141 Å². The molecule has 0 N–H and O–H groups in total.